The van der Waals surface area contributed by atoms with Crippen molar-refractivity contribution in [1.29, 1.82) is 0 Å². The van der Waals surface area contributed by atoms with E-state index in [4.69, 9.17) is 17.3 Å². The molecule has 146 valence electrons. The maximum atomic E-state index is 14.0. The van der Waals surface area contributed by atoms with Gasteiger partial charge in [0.15, 0.2) is 0 Å². The van der Waals surface area contributed by atoms with Crippen LogP contribution < -0.4 is 16.0 Å². The van der Waals surface area contributed by atoms with Crippen LogP contribution in [0.4, 0.5) is 10.2 Å². The number of nitrogens with one attached hydrogen (secondary N) is 2. The van der Waals surface area contributed by atoms with E-state index in [2.05, 4.69) is 20.3 Å². The second-order valence-electron chi connectivity index (χ2n) is 7.26. The Morgan fingerprint density at radius 1 is 1.46 bits per heavy atom. The molecule has 1 fully saturated rings. The number of aryl methyl sites for hydroxylation is 1. The van der Waals surface area contributed by atoms with Gasteiger partial charge in [-0.25, -0.2) is 14.4 Å². The zero-order valence-electron chi connectivity index (χ0n) is 15.3. The maximum Gasteiger partial charge on any atom is 0.254 e. The van der Waals surface area contributed by atoms with Crippen molar-refractivity contribution in [2.24, 2.45) is 5.73 Å². The van der Waals surface area contributed by atoms with Gasteiger partial charge < -0.3 is 20.9 Å². The molecule has 0 unspecified atom stereocenters. The first kappa shape index (κ1) is 18.6. The number of fused-ring (bicyclic) bond motifs is 1. The highest BCUT2D eigenvalue weighted by molar-refractivity contribution is 6.36. The highest BCUT2D eigenvalue weighted by Gasteiger charge is 2.36. The molecular weight excluding hydrogens is 383 g/mol. The Labute approximate surface area is 166 Å². The van der Waals surface area contributed by atoms with Gasteiger partial charge in [0.25, 0.3) is 5.91 Å². The number of hydrogen-bond donors (Lipinski definition) is 3. The number of aromatic amines is 1. The van der Waals surface area contributed by atoms with E-state index in [0.717, 1.165) is 10.9 Å². The molecule has 0 saturated carbocycles. The minimum atomic E-state index is -0.656. The van der Waals surface area contributed by atoms with Crippen LogP contribution in [0, 0.1) is 12.7 Å². The van der Waals surface area contributed by atoms with Crippen LogP contribution in [0.1, 0.15) is 22.3 Å². The summed E-state index contributed by atoms with van der Waals surface area (Å²) in [5, 5.41) is 4.06. The van der Waals surface area contributed by atoms with Crippen LogP contribution in [0.25, 0.3) is 11.0 Å². The van der Waals surface area contributed by atoms with Crippen molar-refractivity contribution in [1.82, 2.24) is 20.3 Å². The highest BCUT2D eigenvalue weighted by Crippen LogP contribution is 2.33. The van der Waals surface area contributed by atoms with Crippen LogP contribution in [0.3, 0.4) is 0 Å². The van der Waals surface area contributed by atoms with Gasteiger partial charge in [0.1, 0.15) is 23.6 Å². The summed E-state index contributed by atoms with van der Waals surface area (Å²) in [6, 6.07) is 4.52. The van der Waals surface area contributed by atoms with Crippen LogP contribution in [0.5, 0.6) is 0 Å². The predicted octanol–water partition coefficient (Wildman–Crippen LogP) is 2.40. The molecule has 1 aliphatic rings. The molecular formula is C19H20ClFN6O. The van der Waals surface area contributed by atoms with Gasteiger partial charge in [-0.05, 0) is 31.0 Å². The second kappa shape index (κ2) is 7.03. The van der Waals surface area contributed by atoms with Crippen molar-refractivity contribution in [3.63, 3.8) is 0 Å². The molecule has 4 rings (SSSR count). The molecule has 4 N–H and O–H groups in total. The minimum Gasteiger partial charge on any atom is -0.354 e. The van der Waals surface area contributed by atoms with Crippen molar-refractivity contribution in [3.05, 3.63) is 52.7 Å². The number of nitrogens with zero attached hydrogens (tertiary/aromatic N) is 3. The van der Waals surface area contributed by atoms with Gasteiger partial charge in [0.2, 0.25) is 0 Å². The lowest BCUT2D eigenvalue weighted by molar-refractivity contribution is 0.0941. The maximum absolute atomic E-state index is 14.0. The third-order valence-electron chi connectivity index (χ3n) is 5.06. The lowest BCUT2D eigenvalue weighted by Gasteiger charge is -2.25. The molecule has 1 saturated heterocycles. The fourth-order valence-electron chi connectivity index (χ4n) is 3.53. The monoisotopic (exact) mass is 402 g/mol. The van der Waals surface area contributed by atoms with E-state index in [1.165, 1.54) is 18.5 Å². The number of H-pyrrole nitrogens is 1. The zero-order chi connectivity index (χ0) is 19.9. The van der Waals surface area contributed by atoms with Crippen LogP contribution in [-0.4, -0.2) is 46.0 Å². The number of anilines is 1. The van der Waals surface area contributed by atoms with Gasteiger partial charge in [-0.1, -0.05) is 17.7 Å². The molecule has 3 aromatic rings. The Morgan fingerprint density at radius 2 is 2.29 bits per heavy atom. The van der Waals surface area contributed by atoms with Crippen molar-refractivity contribution in [2.75, 3.05) is 24.5 Å². The van der Waals surface area contributed by atoms with Crippen molar-refractivity contribution < 1.29 is 9.18 Å². The first-order chi connectivity index (χ1) is 13.4. The van der Waals surface area contributed by atoms with Gasteiger partial charge in [-0.3, -0.25) is 4.79 Å². The Hall–Kier alpha value is -2.71. The van der Waals surface area contributed by atoms with E-state index in [-0.39, 0.29) is 12.1 Å². The lowest BCUT2D eigenvalue weighted by Crippen LogP contribution is -2.52. The van der Waals surface area contributed by atoms with Gasteiger partial charge in [0, 0.05) is 25.8 Å². The molecule has 2 aromatic heterocycles. The molecule has 7 nitrogen and oxygen atoms in total. The fraction of sp³-hybridized carbons (Fsp3) is 0.316. The van der Waals surface area contributed by atoms with Crippen LogP contribution in [0.15, 0.2) is 30.7 Å². The molecule has 0 radical (unpaired) electrons. The largest absolute Gasteiger partial charge is 0.354 e. The van der Waals surface area contributed by atoms with E-state index in [1.807, 2.05) is 4.90 Å². The van der Waals surface area contributed by atoms with Gasteiger partial charge in [-0.15, -0.1) is 0 Å². The Morgan fingerprint density at radius 3 is 3.07 bits per heavy atom. The molecule has 28 heavy (non-hydrogen) atoms. The van der Waals surface area contributed by atoms with Crippen molar-refractivity contribution in [3.8, 4) is 0 Å². The number of hydrogen-bond acceptors (Lipinski definition) is 5. The SMILES string of the molecule is Cc1ccc(C(=O)NC[C@@]2(N)CCN(c3ncnc4[nH]cc(Cl)c34)C2)c(F)c1. The molecule has 3 heterocycles. The summed E-state index contributed by atoms with van der Waals surface area (Å²) in [5.74, 6) is -0.305. The highest BCUT2D eigenvalue weighted by atomic mass is 35.5. The minimum absolute atomic E-state index is 0.0145. The summed E-state index contributed by atoms with van der Waals surface area (Å²) in [6.07, 6.45) is 3.80. The van der Waals surface area contributed by atoms with E-state index < -0.39 is 17.3 Å². The summed E-state index contributed by atoms with van der Waals surface area (Å²) >= 11 is 6.26. The Bertz CT molecular complexity index is 1050. The number of rotatable bonds is 4. The second-order valence-corrected chi connectivity index (χ2v) is 7.66. The quantitative estimate of drug-likeness (QED) is 0.622. The molecule has 0 bridgehead atoms. The first-order valence-corrected chi connectivity index (χ1v) is 9.30. The van der Waals surface area contributed by atoms with Crippen molar-refractivity contribution >= 4 is 34.4 Å². The topological polar surface area (TPSA) is 99.9 Å². The van der Waals surface area contributed by atoms with Crippen LogP contribution in [-0.2, 0) is 0 Å². The normalized spacial score (nSPS) is 19.4. The molecule has 0 spiro atoms. The number of carbonyl (C=O) groups is 1. The predicted molar refractivity (Wildman–Crippen MR) is 106 cm³/mol. The number of nitrogens with two attached hydrogens (primary N) is 1. The van der Waals surface area contributed by atoms with E-state index in [1.54, 1.807) is 19.2 Å². The van der Waals surface area contributed by atoms with Gasteiger partial charge >= 0.3 is 0 Å². The van der Waals surface area contributed by atoms with Gasteiger partial charge in [-0.2, -0.15) is 0 Å². The first-order valence-electron chi connectivity index (χ1n) is 8.92. The molecule has 1 atom stereocenters. The summed E-state index contributed by atoms with van der Waals surface area (Å²) in [6.45, 7) is 3.15. The van der Waals surface area contributed by atoms with E-state index >= 15 is 0 Å². The molecule has 9 heteroatoms. The number of aromatic nitrogens is 3. The molecule has 1 amide bonds. The van der Waals surface area contributed by atoms with Crippen LogP contribution >= 0.6 is 11.6 Å². The molecule has 1 aromatic carbocycles. The van der Waals surface area contributed by atoms with Crippen LogP contribution in [0.2, 0.25) is 5.02 Å². The van der Waals surface area contributed by atoms with E-state index in [9.17, 15) is 9.18 Å². The summed E-state index contributed by atoms with van der Waals surface area (Å²) in [7, 11) is 0. The average Bonchev–Trinajstić information content (AvgIpc) is 3.24. The molecule has 0 aliphatic carbocycles. The lowest BCUT2D eigenvalue weighted by atomic mass is 10.00. The third-order valence-corrected chi connectivity index (χ3v) is 5.35. The third kappa shape index (κ3) is 3.41. The number of benzene rings is 1. The summed E-state index contributed by atoms with van der Waals surface area (Å²) in [5.41, 5.74) is 7.28. The van der Waals surface area contributed by atoms with Crippen molar-refractivity contribution in [2.45, 2.75) is 18.9 Å². The number of carbonyl (C=O) groups excluding carboxylic acids is 1. The Kier molecular flexibility index (Phi) is 4.68. The summed E-state index contributed by atoms with van der Waals surface area (Å²) in [4.78, 5) is 25.9. The number of halogens is 2. The zero-order valence-corrected chi connectivity index (χ0v) is 16.1. The standard InChI is InChI=1S/C19H20ClFN6O/c1-11-2-3-12(14(21)6-11)18(28)24-8-19(22)4-5-27(9-19)17-15-13(20)7-23-16(15)25-10-26-17/h2-3,6-7,10H,4-5,8-9,22H2,1H3,(H,24,28)(H,23,25,26)/t19-/m0/s1. The fourth-order valence-corrected chi connectivity index (χ4v) is 3.75. The van der Waals surface area contributed by atoms with Gasteiger partial charge in [0.05, 0.1) is 21.5 Å². The number of amides is 1. The Balaban J connectivity index is 1.46. The average molecular weight is 403 g/mol. The smallest absolute Gasteiger partial charge is 0.254 e. The molecule has 1 aliphatic heterocycles. The van der Waals surface area contributed by atoms with E-state index in [0.29, 0.717) is 36.0 Å². The summed E-state index contributed by atoms with van der Waals surface area (Å²) < 4.78 is 14.0.